The summed E-state index contributed by atoms with van der Waals surface area (Å²) in [7, 11) is 0. The van der Waals surface area contributed by atoms with Crippen molar-refractivity contribution in [3.8, 4) is 0 Å². The number of carbonyl (C=O) groups is 2. The summed E-state index contributed by atoms with van der Waals surface area (Å²) in [5.74, 6) is 3.17. The predicted molar refractivity (Wildman–Crippen MR) is 58.2 cm³/mol. The van der Waals surface area contributed by atoms with Crippen LogP contribution in [0.5, 0.6) is 0 Å². The molecule has 2 unspecified atom stereocenters. The van der Waals surface area contributed by atoms with Crippen molar-refractivity contribution in [3.63, 3.8) is 0 Å². The molecule has 0 fully saturated rings. The summed E-state index contributed by atoms with van der Waals surface area (Å²) in [6, 6.07) is -1.95. The molecule has 8 heteroatoms. The molecule has 0 aliphatic carbocycles. The summed E-state index contributed by atoms with van der Waals surface area (Å²) in [4.78, 5) is 21.4. The molecule has 0 aromatic rings. The molecule has 0 spiro atoms. The van der Waals surface area contributed by atoms with Gasteiger partial charge in [0.05, 0.1) is 6.04 Å². The van der Waals surface area contributed by atoms with Gasteiger partial charge in [0.2, 0.25) is 5.91 Å². The molecule has 0 saturated carbocycles. The number of hydrogen-bond acceptors (Lipinski definition) is 5. The molecule has 0 aliphatic rings. The highest BCUT2D eigenvalue weighted by Crippen LogP contribution is 1.90. The highest BCUT2D eigenvalue weighted by Gasteiger charge is 2.15. The first kappa shape index (κ1) is 13.9. The number of hydrogen-bond donors (Lipinski definition) is 5. The van der Waals surface area contributed by atoms with Crippen molar-refractivity contribution in [1.82, 2.24) is 5.32 Å². The highest BCUT2D eigenvalue weighted by atomic mass is 16.4. The lowest BCUT2D eigenvalue weighted by Gasteiger charge is -2.09. The van der Waals surface area contributed by atoms with E-state index >= 15 is 0 Å². The normalized spacial score (nSPS) is 15.8. The highest BCUT2D eigenvalue weighted by molar-refractivity contribution is 5.88. The third-order valence-electron chi connectivity index (χ3n) is 1.63. The lowest BCUT2D eigenvalue weighted by atomic mass is 10.2. The number of aliphatic carboxylic acids is 1. The minimum atomic E-state index is -1.21. The molecule has 0 aliphatic heterocycles. The molecule has 0 heterocycles. The van der Waals surface area contributed by atoms with Gasteiger partial charge in [-0.3, -0.25) is 4.79 Å². The van der Waals surface area contributed by atoms with Gasteiger partial charge in [0.25, 0.3) is 0 Å². The fourth-order valence-corrected chi connectivity index (χ4v) is 0.827. The van der Waals surface area contributed by atoms with Crippen molar-refractivity contribution in [3.05, 3.63) is 12.2 Å². The molecule has 0 radical (unpaired) electrons. The maximum Gasteiger partial charge on any atom is 0.330 e. The molecule has 0 saturated heterocycles. The first-order valence-corrected chi connectivity index (χ1v) is 4.35. The zero-order valence-electron chi connectivity index (χ0n) is 8.75. The quantitative estimate of drug-likeness (QED) is 0.117. The minimum Gasteiger partial charge on any atom is -0.479 e. The van der Waals surface area contributed by atoms with Gasteiger partial charge >= 0.3 is 5.97 Å². The van der Waals surface area contributed by atoms with Crippen molar-refractivity contribution in [2.24, 2.45) is 22.4 Å². The molecule has 2 atom stereocenters. The average Bonchev–Trinajstić information content (AvgIpc) is 2.21. The molecule has 8 nitrogen and oxygen atoms in total. The number of nitrogens with one attached hydrogen (secondary N) is 1. The average molecular weight is 229 g/mol. The standard InChI is InChI=1S/C8H15N5O3/c1-4(14)12-6(8(15)16)3-2-5(9)7(10)13-11/h2-3,5-6H,9,11H2,1H3,(H2,10,13)(H,12,14)(H,15,16). The van der Waals surface area contributed by atoms with Crippen LogP contribution < -0.4 is 22.6 Å². The number of amides is 1. The first-order chi connectivity index (χ1) is 7.38. The van der Waals surface area contributed by atoms with Crippen LogP contribution in [0.25, 0.3) is 0 Å². The molecule has 8 N–H and O–H groups in total. The molecular weight excluding hydrogens is 214 g/mol. The first-order valence-electron chi connectivity index (χ1n) is 4.35. The van der Waals surface area contributed by atoms with E-state index in [9.17, 15) is 9.59 Å². The smallest absolute Gasteiger partial charge is 0.330 e. The van der Waals surface area contributed by atoms with Gasteiger partial charge in [0, 0.05) is 6.92 Å². The van der Waals surface area contributed by atoms with Crippen LogP contribution in [-0.4, -0.2) is 34.9 Å². The molecule has 0 rings (SSSR count). The summed E-state index contributed by atoms with van der Waals surface area (Å²) < 4.78 is 0. The van der Waals surface area contributed by atoms with Crippen LogP contribution in [0.1, 0.15) is 6.92 Å². The molecule has 0 aromatic heterocycles. The lowest BCUT2D eigenvalue weighted by molar-refractivity contribution is -0.140. The second kappa shape index (κ2) is 6.40. The SMILES string of the molecule is CC(=O)NC(C=CC(N)C(N)=NN)C(=O)O. The number of hydrazone groups is 1. The van der Waals surface area contributed by atoms with E-state index in [2.05, 4.69) is 10.4 Å². The van der Waals surface area contributed by atoms with Crippen LogP contribution >= 0.6 is 0 Å². The van der Waals surface area contributed by atoms with Crippen molar-refractivity contribution in [2.45, 2.75) is 19.0 Å². The van der Waals surface area contributed by atoms with E-state index in [1.165, 1.54) is 19.1 Å². The van der Waals surface area contributed by atoms with Gasteiger partial charge in [0.1, 0.15) is 11.9 Å². The van der Waals surface area contributed by atoms with E-state index in [1.54, 1.807) is 0 Å². The maximum atomic E-state index is 10.7. The van der Waals surface area contributed by atoms with Crippen LogP contribution in [-0.2, 0) is 9.59 Å². The number of nitrogens with two attached hydrogens (primary N) is 3. The summed E-state index contributed by atoms with van der Waals surface area (Å²) >= 11 is 0. The van der Waals surface area contributed by atoms with E-state index in [4.69, 9.17) is 22.4 Å². The van der Waals surface area contributed by atoms with Crippen molar-refractivity contribution in [2.75, 3.05) is 0 Å². The summed E-state index contributed by atoms with van der Waals surface area (Å²) in [5.41, 5.74) is 10.8. The van der Waals surface area contributed by atoms with E-state index in [0.717, 1.165) is 0 Å². The fourth-order valence-electron chi connectivity index (χ4n) is 0.827. The predicted octanol–water partition coefficient (Wildman–Crippen LogP) is -2.31. The lowest BCUT2D eigenvalue weighted by Crippen LogP contribution is -2.40. The van der Waals surface area contributed by atoms with E-state index in [0.29, 0.717) is 0 Å². The Hall–Kier alpha value is -2.09. The Morgan fingerprint density at radius 2 is 2.00 bits per heavy atom. The van der Waals surface area contributed by atoms with Crippen LogP contribution in [0, 0.1) is 0 Å². The summed E-state index contributed by atoms with van der Waals surface area (Å²) in [6.07, 6.45) is 2.49. The molecular formula is C8H15N5O3. The van der Waals surface area contributed by atoms with Gasteiger partial charge in [-0.15, -0.1) is 0 Å². The number of nitrogens with zero attached hydrogens (tertiary/aromatic N) is 1. The Labute approximate surface area is 92.2 Å². The van der Waals surface area contributed by atoms with Gasteiger partial charge in [-0.25, -0.2) is 4.79 Å². The molecule has 0 aromatic carbocycles. The third-order valence-corrected chi connectivity index (χ3v) is 1.63. The van der Waals surface area contributed by atoms with E-state index < -0.39 is 24.0 Å². The van der Waals surface area contributed by atoms with Gasteiger partial charge in [-0.05, 0) is 0 Å². The fraction of sp³-hybridized carbons (Fsp3) is 0.375. The molecule has 0 bridgehead atoms. The Bertz CT molecular complexity index is 326. The molecule has 90 valence electrons. The van der Waals surface area contributed by atoms with E-state index in [-0.39, 0.29) is 5.84 Å². The molecule has 16 heavy (non-hydrogen) atoms. The Morgan fingerprint density at radius 3 is 2.38 bits per heavy atom. The van der Waals surface area contributed by atoms with Crippen LogP contribution in [0.2, 0.25) is 0 Å². The minimum absolute atomic E-state index is 0.0387. The van der Waals surface area contributed by atoms with Gasteiger partial charge in [0.15, 0.2) is 0 Å². The Kier molecular flexibility index (Phi) is 5.57. The monoisotopic (exact) mass is 229 g/mol. The summed E-state index contributed by atoms with van der Waals surface area (Å²) in [6.45, 7) is 1.21. The van der Waals surface area contributed by atoms with Crippen molar-refractivity contribution >= 4 is 17.7 Å². The molecule has 1 amide bonds. The largest absolute Gasteiger partial charge is 0.479 e. The zero-order valence-corrected chi connectivity index (χ0v) is 8.75. The van der Waals surface area contributed by atoms with E-state index in [1.807, 2.05) is 0 Å². The number of rotatable bonds is 5. The van der Waals surface area contributed by atoms with Crippen molar-refractivity contribution < 1.29 is 14.7 Å². The Balaban J connectivity index is 4.56. The van der Waals surface area contributed by atoms with Gasteiger partial charge in [-0.2, -0.15) is 5.10 Å². The zero-order chi connectivity index (χ0) is 12.7. The second-order valence-electron chi connectivity index (χ2n) is 2.98. The Morgan fingerprint density at radius 1 is 1.44 bits per heavy atom. The van der Waals surface area contributed by atoms with Crippen LogP contribution in [0.4, 0.5) is 0 Å². The van der Waals surface area contributed by atoms with Gasteiger partial charge in [-0.1, -0.05) is 12.2 Å². The third kappa shape index (κ3) is 4.96. The van der Waals surface area contributed by atoms with Gasteiger partial charge < -0.3 is 27.7 Å². The number of amidine groups is 1. The number of carbonyl (C=O) groups excluding carboxylic acids is 1. The maximum absolute atomic E-state index is 10.7. The van der Waals surface area contributed by atoms with Crippen molar-refractivity contribution in [1.29, 1.82) is 0 Å². The number of carboxylic acid groups (broad SMARTS) is 1. The van der Waals surface area contributed by atoms with Crippen LogP contribution in [0.3, 0.4) is 0 Å². The number of carboxylic acids is 1. The topological polar surface area (TPSA) is 157 Å². The second-order valence-corrected chi connectivity index (χ2v) is 2.98. The van der Waals surface area contributed by atoms with Crippen LogP contribution in [0.15, 0.2) is 17.3 Å². The summed E-state index contributed by atoms with van der Waals surface area (Å²) in [5, 5.41) is 14.1.